The van der Waals surface area contributed by atoms with Gasteiger partial charge in [-0.25, -0.2) is 0 Å². The molecule has 3 N–H and O–H groups in total. The topological polar surface area (TPSA) is 73.6 Å². The zero-order valence-corrected chi connectivity index (χ0v) is 11.7. The molecule has 6 heteroatoms. The Kier molecular flexibility index (Phi) is 6.08. The number of nitrogens with two attached hydrogens (primary N) is 1. The highest BCUT2D eigenvalue weighted by atomic mass is 35.5. The van der Waals surface area contributed by atoms with Crippen LogP contribution in [-0.4, -0.2) is 32.3 Å². The summed E-state index contributed by atoms with van der Waals surface area (Å²) in [4.78, 5) is 11.8. The lowest BCUT2D eigenvalue weighted by molar-refractivity contribution is -0.118. The number of para-hydroxylation sites is 1. The number of nitrogens with one attached hydrogen (secondary N) is 1. The van der Waals surface area contributed by atoms with E-state index in [0.717, 1.165) is 24.2 Å². The number of aryl methyl sites for hydroxylation is 1. The highest BCUT2D eigenvalue weighted by Gasteiger charge is 2.18. The Labute approximate surface area is 118 Å². The molecule has 1 atom stereocenters. The number of halogens is 1. The van der Waals surface area contributed by atoms with Crippen LogP contribution in [0.15, 0.2) is 18.2 Å². The Balaban J connectivity index is 0.00000180. The largest absolute Gasteiger partial charge is 0.491 e. The van der Waals surface area contributed by atoms with E-state index in [-0.39, 0.29) is 24.9 Å². The fourth-order valence-corrected chi connectivity index (χ4v) is 1.97. The fourth-order valence-electron chi connectivity index (χ4n) is 1.97. The summed E-state index contributed by atoms with van der Waals surface area (Å²) in [5, 5.41) is 2.79. The van der Waals surface area contributed by atoms with Gasteiger partial charge in [-0.3, -0.25) is 4.79 Å². The zero-order chi connectivity index (χ0) is 13.0. The number of rotatable bonds is 4. The van der Waals surface area contributed by atoms with E-state index in [1.54, 1.807) is 0 Å². The lowest BCUT2D eigenvalue weighted by Gasteiger charge is -2.21. The van der Waals surface area contributed by atoms with E-state index in [1.807, 2.05) is 18.2 Å². The monoisotopic (exact) mass is 286 g/mol. The molecule has 0 spiro atoms. The molecule has 1 aromatic rings. The van der Waals surface area contributed by atoms with Gasteiger partial charge in [0.15, 0.2) is 0 Å². The fraction of sp³-hybridized carbons (Fsp3) is 0.462. The van der Waals surface area contributed by atoms with E-state index in [1.165, 1.54) is 7.11 Å². The van der Waals surface area contributed by atoms with Gasteiger partial charge in [0.05, 0.1) is 18.9 Å². The molecule has 106 valence electrons. The molecular formula is C13H19ClN2O3. The van der Waals surface area contributed by atoms with Crippen LogP contribution >= 0.6 is 12.4 Å². The van der Waals surface area contributed by atoms with Gasteiger partial charge in [0.25, 0.3) is 0 Å². The second kappa shape index (κ2) is 7.33. The van der Waals surface area contributed by atoms with Crippen molar-refractivity contribution in [2.45, 2.75) is 18.9 Å². The number of hydrogen-bond donors (Lipinski definition) is 2. The van der Waals surface area contributed by atoms with Crippen molar-refractivity contribution in [3.05, 3.63) is 23.8 Å². The van der Waals surface area contributed by atoms with E-state index in [9.17, 15) is 4.79 Å². The van der Waals surface area contributed by atoms with Crippen molar-refractivity contribution in [3.63, 3.8) is 0 Å². The first kappa shape index (κ1) is 15.8. The summed E-state index contributed by atoms with van der Waals surface area (Å²) in [5.74, 6) is 0.501. The highest BCUT2D eigenvalue weighted by Crippen LogP contribution is 2.32. The molecule has 0 bridgehead atoms. The normalized spacial score (nSPS) is 14.6. The molecule has 5 nitrogen and oxygen atoms in total. The van der Waals surface area contributed by atoms with Crippen LogP contribution < -0.4 is 15.8 Å². The quantitative estimate of drug-likeness (QED) is 0.876. The van der Waals surface area contributed by atoms with Gasteiger partial charge in [0, 0.05) is 7.11 Å². The van der Waals surface area contributed by atoms with E-state index in [2.05, 4.69) is 5.32 Å². The van der Waals surface area contributed by atoms with Crippen LogP contribution in [0.5, 0.6) is 5.75 Å². The van der Waals surface area contributed by atoms with E-state index >= 15 is 0 Å². The lowest BCUT2D eigenvalue weighted by Crippen LogP contribution is -2.39. The third-order valence-electron chi connectivity index (χ3n) is 2.87. The van der Waals surface area contributed by atoms with Crippen molar-refractivity contribution in [1.82, 2.24) is 0 Å². The lowest BCUT2D eigenvalue weighted by atomic mass is 10.1. The van der Waals surface area contributed by atoms with Gasteiger partial charge in [-0.15, -0.1) is 12.4 Å². The maximum absolute atomic E-state index is 11.8. The van der Waals surface area contributed by atoms with Gasteiger partial charge in [0.1, 0.15) is 11.8 Å². The average Bonchev–Trinajstić information content (AvgIpc) is 2.39. The van der Waals surface area contributed by atoms with Crippen molar-refractivity contribution < 1.29 is 14.3 Å². The van der Waals surface area contributed by atoms with E-state index < -0.39 is 6.04 Å². The van der Waals surface area contributed by atoms with Crippen molar-refractivity contribution in [3.8, 4) is 5.75 Å². The maximum Gasteiger partial charge on any atom is 0.243 e. The molecular weight excluding hydrogens is 268 g/mol. The standard InChI is InChI=1S/C13H18N2O3.ClH/c1-17-8-10(14)13(16)15-11-6-2-4-9-5-3-7-18-12(9)11;/h2,4,6,10H,3,5,7-8,14H2,1H3,(H,15,16);1H. The first-order valence-electron chi connectivity index (χ1n) is 6.02. The Morgan fingerprint density at radius 1 is 1.58 bits per heavy atom. The summed E-state index contributed by atoms with van der Waals surface area (Å²) in [6.45, 7) is 0.881. The number of ether oxygens (including phenoxy) is 2. The summed E-state index contributed by atoms with van der Waals surface area (Å²) in [6, 6.07) is 5.07. The number of fused-ring (bicyclic) bond motifs is 1. The third-order valence-corrected chi connectivity index (χ3v) is 2.87. The van der Waals surface area contributed by atoms with Gasteiger partial charge in [-0.05, 0) is 24.5 Å². The first-order valence-corrected chi connectivity index (χ1v) is 6.02. The van der Waals surface area contributed by atoms with Crippen molar-refractivity contribution >= 4 is 24.0 Å². The average molecular weight is 287 g/mol. The Hall–Kier alpha value is -1.30. The van der Waals surface area contributed by atoms with Crippen LogP contribution in [0.25, 0.3) is 0 Å². The minimum absolute atomic E-state index is 0. The predicted molar refractivity (Wildman–Crippen MR) is 76.0 cm³/mol. The number of amides is 1. The number of carbonyl (C=O) groups excluding carboxylic acids is 1. The summed E-state index contributed by atoms with van der Waals surface area (Å²) in [7, 11) is 1.51. The van der Waals surface area contributed by atoms with Crippen LogP contribution in [0.1, 0.15) is 12.0 Å². The van der Waals surface area contributed by atoms with Crippen molar-refractivity contribution in [2.75, 3.05) is 25.6 Å². The van der Waals surface area contributed by atoms with Gasteiger partial charge in [0.2, 0.25) is 5.91 Å². The van der Waals surface area contributed by atoms with Crippen LogP contribution in [-0.2, 0) is 16.0 Å². The Morgan fingerprint density at radius 2 is 2.37 bits per heavy atom. The molecule has 1 aromatic carbocycles. The summed E-state index contributed by atoms with van der Waals surface area (Å²) >= 11 is 0. The molecule has 1 aliphatic heterocycles. The van der Waals surface area contributed by atoms with Crippen LogP contribution in [0.4, 0.5) is 5.69 Å². The number of hydrogen-bond acceptors (Lipinski definition) is 4. The van der Waals surface area contributed by atoms with Crippen molar-refractivity contribution in [1.29, 1.82) is 0 Å². The molecule has 1 unspecified atom stereocenters. The second-order valence-corrected chi connectivity index (χ2v) is 4.30. The number of anilines is 1. The minimum Gasteiger partial charge on any atom is -0.491 e. The van der Waals surface area contributed by atoms with Crippen LogP contribution in [0.3, 0.4) is 0 Å². The smallest absolute Gasteiger partial charge is 0.243 e. The Bertz CT molecular complexity index is 440. The second-order valence-electron chi connectivity index (χ2n) is 4.30. The molecule has 19 heavy (non-hydrogen) atoms. The maximum atomic E-state index is 11.8. The molecule has 0 fully saturated rings. The SMILES string of the molecule is COCC(N)C(=O)Nc1cccc2c1OCCC2.Cl. The van der Waals surface area contributed by atoms with Crippen LogP contribution in [0.2, 0.25) is 0 Å². The number of methoxy groups -OCH3 is 1. The van der Waals surface area contributed by atoms with Gasteiger partial charge < -0.3 is 20.5 Å². The van der Waals surface area contributed by atoms with Gasteiger partial charge in [-0.1, -0.05) is 12.1 Å². The highest BCUT2D eigenvalue weighted by molar-refractivity contribution is 5.96. The third kappa shape index (κ3) is 3.83. The van der Waals surface area contributed by atoms with Gasteiger partial charge in [-0.2, -0.15) is 0 Å². The molecule has 0 aromatic heterocycles. The molecule has 0 radical (unpaired) electrons. The number of benzene rings is 1. The Morgan fingerprint density at radius 3 is 3.11 bits per heavy atom. The van der Waals surface area contributed by atoms with Gasteiger partial charge >= 0.3 is 0 Å². The molecule has 1 heterocycles. The molecule has 0 aliphatic carbocycles. The molecule has 0 saturated heterocycles. The summed E-state index contributed by atoms with van der Waals surface area (Å²) in [5.41, 5.74) is 7.48. The summed E-state index contributed by atoms with van der Waals surface area (Å²) in [6.07, 6.45) is 1.98. The zero-order valence-electron chi connectivity index (χ0n) is 10.8. The van der Waals surface area contributed by atoms with E-state index in [4.69, 9.17) is 15.2 Å². The number of carbonyl (C=O) groups is 1. The van der Waals surface area contributed by atoms with Crippen LogP contribution in [0, 0.1) is 0 Å². The molecule has 1 aliphatic rings. The first-order chi connectivity index (χ1) is 8.72. The van der Waals surface area contributed by atoms with E-state index in [0.29, 0.717) is 12.3 Å². The molecule has 2 rings (SSSR count). The predicted octanol–water partition coefficient (Wildman–Crippen LogP) is 1.35. The molecule has 0 saturated carbocycles. The minimum atomic E-state index is -0.672. The molecule has 1 amide bonds. The summed E-state index contributed by atoms with van der Waals surface area (Å²) < 4.78 is 10.5. The van der Waals surface area contributed by atoms with Crippen molar-refractivity contribution in [2.24, 2.45) is 5.73 Å².